The summed E-state index contributed by atoms with van der Waals surface area (Å²) < 4.78 is 7.75. The first kappa shape index (κ1) is 10.3. The third-order valence-corrected chi connectivity index (χ3v) is 3.76. The first-order valence-corrected chi connectivity index (χ1v) is 6.22. The monoisotopic (exact) mass is 221 g/mol. The lowest BCUT2D eigenvalue weighted by Crippen LogP contribution is -2.12. The summed E-state index contributed by atoms with van der Waals surface area (Å²) in [6.45, 7) is 5.28. The molecule has 3 heterocycles. The van der Waals surface area contributed by atoms with Crippen LogP contribution in [0.3, 0.4) is 0 Å². The van der Waals surface area contributed by atoms with Crippen molar-refractivity contribution in [3.63, 3.8) is 0 Å². The molecule has 0 bridgehead atoms. The van der Waals surface area contributed by atoms with Gasteiger partial charge in [0.1, 0.15) is 0 Å². The lowest BCUT2D eigenvalue weighted by molar-refractivity contribution is 0.0450. The Labute approximate surface area is 96.0 Å². The third kappa shape index (κ3) is 1.66. The molecule has 0 amide bonds. The highest BCUT2D eigenvalue weighted by atomic mass is 16.5. The van der Waals surface area contributed by atoms with E-state index in [0.717, 1.165) is 32.5 Å². The minimum atomic E-state index is 0.183. The maximum atomic E-state index is 5.68. The van der Waals surface area contributed by atoms with Crippen LogP contribution in [0.2, 0.25) is 0 Å². The van der Waals surface area contributed by atoms with E-state index in [2.05, 4.69) is 22.0 Å². The van der Waals surface area contributed by atoms with Crippen LogP contribution in [-0.4, -0.2) is 29.5 Å². The van der Waals surface area contributed by atoms with E-state index in [1.54, 1.807) is 0 Å². The van der Waals surface area contributed by atoms with Gasteiger partial charge in [0.2, 0.25) is 0 Å². The van der Waals surface area contributed by atoms with Gasteiger partial charge < -0.3 is 10.1 Å². The highest BCUT2D eigenvalue weighted by molar-refractivity contribution is 5.23. The number of ether oxygens (including phenoxy) is 1. The summed E-state index contributed by atoms with van der Waals surface area (Å²) in [5.74, 6) is 0.648. The van der Waals surface area contributed by atoms with Crippen LogP contribution in [-0.2, 0) is 4.74 Å². The van der Waals surface area contributed by atoms with Crippen LogP contribution in [0.5, 0.6) is 0 Å². The van der Waals surface area contributed by atoms with Crippen molar-refractivity contribution in [2.24, 2.45) is 0 Å². The smallest absolute Gasteiger partial charge is 0.150 e. The minimum absolute atomic E-state index is 0.183. The highest BCUT2D eigenvalue weighted by Crippen LogP contribution is 2.29. The molecule has 4 nitrogen and oxygen atoms in total. The summed E-state index contributed by atoms with van der Waals surface area (Å²) in [5.41, 5.74) is 2.70. The molecular formula is C12H19N3O. The minimum Gasteiger partial charge on any atom is -0.357 e. The van der Waals surface area contributed by atoms with Crippen molar-refractivity contribution in [1.29, 1.82) is 0 Å². The van der Waals surface area contributed by atoms with Crippen molar-refractivity contribution in [2.75, 3.05) is 19.7 Å². The fraction of sp³-hybridized carbons (Fsp3) is 0.750. The van der Waals surface area contributed by atoms with Gasteiger partial charge in [-0.2, -0.15) is 5.10 Å². The van der Waals surface area contributed by atoms with Crippen molar-refractivity contribution in [3.05, 3.63) is 17.5 Å². The van der Waals surface area contributed by atoms with Gasteiger partial charge in [0, 0.05) is 24.8 Å². The quantitative estimate of drug-likeness (QED) is 0.824. The molecular weight excluding hydrogens is 202 g/mol. The Morgan fingerprint density at radius 3 is 3.12 bits per heavy atom. The van der Waals surface area contributed by atoms with Crippen LogP contribution in [0.1, 0.15) is 42.7 Å². The maximum absolute atomic E-state index is 5.68. The molecule has 1 aromatic rings. The Morgan fingerprint density at radius 1 is 1.50 bits per heavy atom. The van der Waals surface area contributed by atoms with Crippen LogP contribution in [0.15, 0.2) is 6.20 Å². The van der Waals surface area contributed by atoms with Crippen LogP contribution in [0, 0.1) is 6.92 Å². The summed E-state index contributed by atoms with van der Waals surface area (Å²) in [6.07, 6.45) is 5.71. The normalized spacial score (nSPS) is 30.1. The summed E-state index contributed by atoms with van der Waals surface area (Å²) in [6, 6.07) is 0. The Bertz CT molecular complexity index is 329. The average molecular weight is 221 g/mol. The molecule has 0 aliphatic carbocycles. The second-order valence-corrected chi connectivity index (χ2v) is 4.79. The Balaban J connectivity index is 1.84. The van der Waals surface area contributed by atoms with E-state index in [9.17, 15) is 0 Å². The fourth-order valence-electron chi connectivity index (χ4n) is 2.80. The number of hydrogen-bond donors (Lipinski definition) is 1. The molecule has 0 spiro atoms. The largest absolute Gasteiger partial charge is 0.357 e. The Hall–Kier alpha value is -0.870. The Morgan fingerprint density at radius 2 is 2.44 bits per heavy atom. The molecule has 88 valence electrons. The molecule has 2 aliphatic heterocycles. The zero-order chi connectivity index (χ0) is 11.0. The molecule has 2 atom stereocenters. The molecule has 2 fully saturated rings. The van der Waals surface area contributed by atoms with Gasteiger partial charge in [-0.3, -0.25) is 0 Å². The molecule has 3 rings (SSSR count). The summed E-state index contributed by atoms with van der Waals surface area (Å²) in [7, 11) is 0. The molecule has 1 N–H and O–H groups in total. The maximum Gasteiger partial charge on any atom is 0.150 e. The van der Waals surface area contributed by atoms with Gasteiger partial charge in [0.25, 0.3) is 0 Å². The van der Waals surface area contributed by atoms with Crippen molar-refractivity contribution >= 4 is 0 Å². The predicted octanol–water partition coefficient (Wildman–Crippen LogP) is 1.58. The van der Waals surface area contributed by atoms with Crippen molar-refractivity contribution < 1.29 is 4.74 Å². The van der Waals surface area contributed by atoms with Crippen LogP contribution >= 0.6 is 0 Å². The van der Waals surface area contributed by atoms with E-state index in [1.807, 2.05) is 6.20 Å². The van der Waals surface area contributed by atoms with E-state index >= 15 is 0 Å². The molecule has 0 radical (unpaired) electrons. The van der Waals surface area contributed by atoms with E-state index in [-0.39, 0.29) is 6.23 Å². The number of hydrogen-bond acceptors (Lipinski definition) is 3. The van der Waals surface area contributed by atoms with Gasteiger partial charge in [0.15, 0.2) is 6.23 Å². The van der Waals surface area contributed by atoms with Crippen molar-refractivity contribution in [3.8, 4) is 0 Å². The number of nitrogens with one attached hydrogen (secondary N) is 1. The third-order valence-electron chi connectivity index (χ3n) is 3.76. The van der Waals surface area contributed by atoms with Gasteiger partial charge >= 0.3 is 0 Å². The van der Waals surface area contributed by atoms with Crippen LogP contribution in [0.25, 0.3) is 0 Å². The van der Waals surface area contributed by atoms with Crippen molar-refractivity contribution in [2.45, 2.75) is 38.3 Å². The topological polar surface area (TPSA) is 39.1 Å². The number of rotatable bonds is 2. The molecule has 0 aromatic carbocycles. The van der Waals surface area contributed by atoms with Gasteiger partial charge in [-0.15, -0.1) is 0 Å². The molecule has 2 aliphatic rings. The zero-order valence-corrected chi connectivity index (χ0v) is 9.78. The van der Waals surface area contributed by atoms with Crippen LogP contribution < -0.4 is 5.32 Å². The summed E-state index contributed by atoms with van der Waals surface area (Å²) in [4.78, 5) is 0. The summed E-state index contributed by atoms with van der Waals surface area (Å²) >= 11 is 0. The van der Waals surface area contributed by atoms with Crippen LogP contribution in [0.4, 0.5) is 0 Å². The predicted molar refractivity (Wildman–Crippen MR) is 61.4 cm³/mol. The van der Waals surface area contributed by atoms with Gasteiger partial charge in [-0.25, -0.2) is 4.68 Å². The average Bonchev–Trinajstić information content (AvgIpc) is 2.96. The molecule has 2 saturated heterocycles. The standard InChI is InChI=1S/C12H19N3O/c1-9-11(10-4-5-13-7-10)8-14-15(9)12-3-2-6-16-12/h8,10,12-13H,2-7H2,1H3. The lowest BCUT2D eigenvalue weighted by atomic mass is 9.99. The molecule has 1 aromatic heterocycles. The van der Waals surface area contributed by atoms with E-state index < -0.39 is 0 Å². The molecule has 4 heteroatoms. The highest BCUT2D eigenvalue weighted by Gasteiger charge is 2.25. The second-order valence-electron chi connectivity index (χ2n) is 4.79. The molecule has 2 unspecified atom stereocenters. The SMILES string of the molecule is Cc1c(C2CCNC2)cnn1C1CCCO1. The van der Waals surface area contributed by atoms with Crippen molar-refractivity contribution in [1.82, 2.24) is 15.1 Å². The lowest BCUT2D eigenvalue weighted by Gasteiger charge is -2.14. The zero-order valence-electron chi connectivity index (χ0n) is 9.78. The summed E-state index contributed by atoms with van der Waals surface area (Å²) in [5, 5.41) is 7.91. The van der Waals surface area contributed by atoms with Gasteiger partial charge in [-0.05, 0) is 38.3 Å². The first-order chi connectivity index (χ1) is 7.86. The van der Waals surface area contributed by atoms with E-state index in [4.69, 9.17) is 4.74 Å². The fourth-order valence-corrected chi connectivity index (χ4v) is 2.80. The first-order valence-electron chi connectivity index (χ1n) is 6.22. The Kier molecular flexibility index (Phi) is 2.69. The second kappa shape index (κ2) is 4.18. The van der Waals surface area contributed by atoms with E-state index in [1.165, 1.54) is 17.7 Å². The van der Waals surface area contributed by atoms with E-state index in [0.29, 0.717) is 5.92 Å². The number of nitrogens with zero attached hydrogens (tertiary/aromatic N) is 2. The van der Waals surface area contributed by atoms with Gasteiger partial charge in [0.05, 0.1) is 6.20 Å². The molecule has 16 heavy (non-hydrogen) atoms. The van der Waals surface area contributed by atoms with Gasteiger partial charge in [-0.1, -0.05) is 0 Å². The molecule has 0 saturated carbocycles. The number of aromatic nitrogens is 2.